The molecule has 0 N–H and O–H groups in total. The minimum atomic E-state index is 0.365. The maximum Gasteiger partial charge on any atom is 0.156 e. The third-order valence-electron chi connectivity index (χ3n) is 7.83. The van der Waals surface area contributed by atoms with Crippen LogP contribution in [0.1, 0.15) is 84.5 Å². The highest BCUT2D eigenvalue weighted by Gasteiger charge is 2.52. The minimum Gasteiger partial charge on any atom is -0.295 e. The molecule has 4 atom stereocenters. The second-order valence-electron chi connectivity index (χ2n) is 8.81. The molecule has 23 heavy (non-hydrogen) atoms. The molecule has 0 bridgehead atoms. The molecule has 1 nitrogen and oxygen atoms in total. The van der Waals surface area contributed by atoms with Crippen molar-refractivity contribution in [3.63, 3.8) is 0 Å². The van der Waals surface area contributed by atoms with Crippen molar-refractivity contribution in [2.45, 2.75) is 84.5 Å². The van der Waals surface area contributed by atoms with Crippen LogP contribution in [0.4, 0.5) is 0 Å². The Kier molecular flexibility index (Phi) is 4.02. The smallest absolute Gasteiger partial charge is 0.156 e. The van der Waals surface area contributed by atoms with E-state index in [9.17, 15) is 4.79 Å². The van der Waals surface area contributed by atoms with Crippen LogP contribution >= 0.6 is 0 Å². The number of ketones is 1. The highest BCUT2D eigenvalue weighted by molar-refractivity contribution is 5.93. The summed E-state index contributed by atoms with van der Waals surface area (Å²) in [6.45, 7) is 4.96. The van der Waals surface area contributed by atoms with Gasteiger partial charge in [0.05, 0.1) is 0 Å². The molecule has 0 aromatic rings. The van der Waals surface area contributed by atoms with Gasteiger partial charge in [0.25, 0.3) is 0 Å². The van der Waals surface area contributed by atoms with E-state index < -0.39 is 0 Å². The average Bonchev–Trinajstić information content (AvgIpc) is 2.89. The Morgan fingerprint density at radius 1 is 1.13 bits per heavy atom. The van der Waals surface area contributed by atoms with E-state index in [4.69, 9.17) is 0 Å². The number of carbonyl (C=O) groups excluding carboxylic acids is 1. The Balaban J connectivity index is 1.62. The van der Waals surface area contributed by atoms with Crippen LogP contribution in [0.5, 0.6) is 0 Å². The van der Waals surface area contributed by atoms with Crippen LogP contribution in [0, 0.1) is 23.2 Å². The molecule has 2 saturated carbocycles. The van der Waals surface area contributed by atoms with Crippen LogP contribution in [-0.4, -0.2) is 5.78 Å². The van der Waals surface area contributed by atoms with Crippen molar-refractivity contribution in [1.29, 1.82) is 0 Å². The molecule has 0 aromatic heterocycles. The normalized spacial score (nSPS) is 39.7. The lowest BCUT2D eigenvalue weighted by Gasteiger charge is -2.49. The summed E-state index contributed by atoms with van der Waals surface area (Å²) in [4.78, 5) is 11.8. The lowest BCUT2D eigenvalue weighted by molar-refractivity contribution is -0.114. The second-order valence-corrected chi connectivity index (χ2v) is 8.81. The van der Waals surface area contributed by atoms with Gasteiger partial charge in [-0.3, -0.25) is 4.79 Å². The zero-order valence-corrected chi connectivity index (χ0v) is 15.0. The molecule has 0 spiro atoms. The predicted molar refractivity (Wildman–Crippen MR) is 95.2 cm³/mol. The van der Waals surface area contributed by atoms with Gasteiger partial charge in [-0.05, 0) is 91.8 Å². The van der Waals surface area contributed by atoms with Gasteiger partial charge in [0.1, 0.15) is 0 Å². The number of fused-ring (bicyclic) bond motifs is 4. The molecule has 126 valence electrons. The summed E-state index contributed by atoms with van der Waals surface area (Å²) in [6.07, 6.45) is 16.2. The first-order valence-electron chi connectivity index (χ1n) is 10.1. The van der Waals surface area contributed by atoms with Crippen LogP contribution in [0.3, 0.4) is 0 Å². The Morgan fingerprint density at radius 2 is 2.00 bits per heavy atom. The van der Waals surface area contributed by atoms with E-state index >= 15 is 0 Å². The molecule has 0 heterocycles. The molecule has 0 saturated heterocycles. The topological polar surface area (TPSA) is 17.1 Å². The lowest BCUT2D eigenvalue weighted by atomic mass is 9.55. The first-order valence-corrected chi connectivity index (χ1v) is 10.1. The fourth-order valence-electron chi connectivity index (χ4n) is 6.56. The van der Waals surface area contributed by atoms with Crippen molar-refractivity contribution in [3.8, 4) is 0 Å². The predicted octanol–water partition coefficient (Wildman–Crippen LogP) is 6.00. The molecule has 0 amide bonds. The standard InChI is InChI=1S/C22H32O/c1-3-4-5-16-7-11-21-20-9-6-15-14-17(23)8-10-18(15)19(20)12-13-22(16,21)2/h14,16,20-21H,3-13H2,1-2H3. The van der Waals surface area contributed by atoms with Crippen molar-refractivity contribution in [2.75, 3.05) is 0 Å². The van der Waals surface area contributed by atoms with E-state index in [0.29, 0.717) is 11.2 Å². The first kappa shape index (κ1) is 15.7. The number of carbonyl (C=O) groups is 1. The number of allylic oxidation sites excluding steroid dienone is 4. The molecule has 0 aliphatic heterocycles. The molecule has 4 aliphatic carbocycles. The van der Waals surface area contributed by atoms with Crippen LogP contribution in [0.25, 0.3) is 0 Å². The van der Waals surface area contributed by atoms with Gasteiger partial charge in [0.2, 0.25) is 0 Å². The van der Waals surface area contributed by atoms with E-state index in [2.05, 4.69) is 13.8 Å². The van der Waals surface area contributed by atoms with Crippen molar-refractivity contribution in [1.82, 2.24) is 0 Å². The average molecular weight is 312 g/mol. The van der Waals surface area contributed by atoms with Gasteiger partial charge >= 0.3 is 0 Å². The number of unbranched alkanes of at least 4 members (excludes halogenated alkanes) is 1. The van der Waals surface area contributed by atoms with Crippen LogP contribution in [0.15, 0.2) is 22.8 Å². The molecule has 0 radical (unpaired) electrons. The lowest BCUT2D eigenvalue weighted by Crippen LogP contribution is -2.40. The third kappa shape index (κ3) is 2.46. The Bertz CT molecular complexity index is 567. The summed E-state index contributed by atoms with van der Waals surface area (Å²) in [5.41, 5.74) is 5.43. The maximum atomic E-state index is 11.8. The molecule has 0 aromatic carbocycles. The van der Waals surface area contributed by atoms with Crippen LogP contribution in [0.2, 0.25) is 0 Å². The van der Waals surface area contributed by atoms with E-state index in [0.717, 1.165) is 30.6 Å². The van der Waals surface area contributed by atoms with Gasteiger partial charge in [-0.2, -0.15) is 0 Å². The summed E-state index contributed by atoms with van der Waals surface area (Å²) >= 11 is 0. The summed E-state index contributed by atoms with van der Waals surface area (Å²) < 4.78 is 0. The van der Waals surface area contributed by atoms with Gasteiger partial charge in [0.15, 0.2) is 5.78 Å². The molecule has 1 heteroatoms. The Labute approximate surface area is 141 Å². The highest BCUT2D eigenvalue weighted by atomic mass is 16.1. The van der Waals surface area contributed by atoms with Crippen molar-refractivity contribution in [3.05, 3.63) is 22.8 Å². The summed E-state index contributed by atoms with van der Waals surface area (Å²) in [7, 11) is 0. The molecule has 4 unspecified atom stereocenters. The molecular formula is C22H32O. The van der Waals surface area contributed by atoms with Crippen molar-refractivity contribution < 1.29 is 4.79 Å². The van der Waals surface area contributed by atoms with Gasteiger partial charge < -0.3 is 0 Å². The molecule has 4 aliphatic rings. The largest absolute Gasteiger partial charge is 0.295 e. The van der Waals surface area contributed by atoms with Gasteiger partial charge in [-0.1, -0.05) is 32.3 Å². The fourth-order valence-corrected chi connectivity index (χ4v) is 6.56. The number of rotatable bonds is 3. The highest BCUT2D eigenvalue weighted by Crippen LogP contribution is 2.62. The van der Waals surface area contributed by atoms with Gasteiger partial charge in [-0.15, -0.1) is 0 Å². The Morgan fingerprint density at radius 3 is 2.83 bits per heavy atom. The quantitative estimate of drug-likeness (QED) is 0.624. The Hall–Kier alpha value is -0.850. The summed E-state index contributed by atoms with van der Waals surface area (Å²) in [5, 5.41) is 0. The third-order valence-corrected chi connectivity index (χ3v) is 7.83. The van der Waals surface area contributed by atoms with E-state index in [1.165, 1.54) is 63.4 Å². The number of hydrogen-bond acceptors (Lipinski definition) is 1. The summed E-state index contributed by atoms with van der Waals surface area (Å²) in [5.74, 6) is 3.12. The zero-order chi connectivity index (χ0) is 16.0. The van der Waals surface area contributed by atoms with Gasteiger partial charge in [0, 0.05) is 6.42 Å². The first-order chi connectivity index (χ1) is 11.1. The molecule has 2 fully saturated rings. The van der Waals surface area contributed by atoms with Crippen molar-refractivity contribution in [2.24, 2.45) is 23.2 Å². The monoisotopic (exact) mass is 312 g/mol. The van der Waals surface area contributed by atoms with E-state index in [1.54, 1.807) is 11.1 Å². The zero-order valence-electron chi connectivity index (χ0n) is 15.0. The van der Waals surface area contributed by atoms with E-state index in [1.807, 2.05) is 6.08 Å². The minimum absolute atomic E-state index is 0.365. The fraction of sp³-hybridized carbons (Fsp3) is 0.773. The van der Waals surface area contributed by atoms with Crippen molar-refractivity contribution >= 4 is 5.78 Å². The van der Waals surface area contributed by atoms with Gasteiger partial charge in [-0.25, -0.2) is 0 Å². The number of hydrogen-bond donors (Lipinski definition) is 0. The molecular weight excluding hydrogens is 280 g/mol. The molecule has 4 rings (SSSR count). The van der Waals surface area contributed by atoms with Crippen LogP contribution < -0.4 is 0 Å². The maximum absolute atomic E-state index is 11.8. The van der Waals surface area contributed by atoms with E-state index in [-0.39, 0.29) is 0 Å². The second kappa shape index (κ2) is 5.90. The SMILES string of the molecule is CCCCC1CCC2C3CCC4=CC(=O)CCC4=C3CCC12C. The summed E-state index contributed by atoms with van der Waals surface area (Å²) in [6, 6.07) is 0. The van der Waals surface area contributed by atoms with Crippen LogP contribution in [-0.2, 0) is 4.79 Å².